The Morgan fingerprint density at radius 3 is 2.62 bits per heavy atom. The van der Waals surface area contributed by atoms with Crippen LogP contribution in [-0.2, 0) is 22.2 Å². The molecule has 1 atom stereocenters. The highest BCUT2D eigenvalue weighted by molar-refractivity contribution is 6.02. The molecule has 0 spiro atoms. The Balaban J connectivity index is 1.32. The molecule has 3 saturated heterocycles. The summed E-state index contributed by atoms with van der Waals surface area (Å²) in [6.07, 6.45) is 4.75. The Morgan fingerprint density at radius 1 is 1.16 bits per heavy atom. The fourth-order valence-corrected chi connectivity index (χ4v) is 5.61. The maximum Gasteiger partial charge on any atom is 0.235 e. The van der Waals surface area contributed by atoms with Crippen molar-refractivity contribution in [2.75, 3.05) is 32.7 Å². The Morgan fingerprint density at radius 2 is 1.91 bits per heavy atom. The van der Waals surface area contributed by atoms with E-state index in [1.807, 2.05) is 25.2 Å². The van der Waals surface area contributed by atoms with Gasteiger partial charge in [-0.1, -0.05) is 12.1 Å². The number of benzene rings is 1. The zero-order valence-corrected chi connectivity index (χ0v) is 18.8. The van der Waals surface area contributed by atoms with E-state index in [9.17, 15) is 14.7 Å². The first kappa shape index (κ1) is 21.6. The van der Waals surface area contributed by atoms with Gasteiger partial charge in [-0.3, -0.25) is 19.6 Å². The lowest BCUT2D eigenvalue weighted by atomic mass is 9.83. The molecule has 3 aliphatic heterocycles. The number of rotatable bonds is 4. The highest BCUT2D eigenvalue weighted by Crippen LogP contribution is 2.37. The molecule has 0 saturated carbocycles. The second-order valence-electron chi connectivity index (χ2n) is 9.77. The van der Waals surface area contributed by atoms with Crippen LogP contribution in [0.5, 0.6) is 0 Å². The second-order valence-corrected chi connectivity index (χ2v) is 9.77. The van der Waals surface area contributed by atoms with E-state index in [4.69, 9.17) is 0 Å². The molecule has 1 aromatic carbocycles. The molecule has 2 amide bonds. The molecule has 32 heavy (non-hydrogen) atoms. The number of carbonyl (C=O) groups is 2. The zero-order chi connectivity index (χ0) is 22.3. The number of fused-ring (bicyclic) bond motifs is 1. The van der Waals surface area contributed by atoms with Gasteiger partial charge in [0.25, 0.3) is 0 Å². The number of carbonyl (C=O) groups excluding carboxylic acids is 2. The fourth-order valence-electron chi connectivity index (χ4n) is 5.61. The third-order valence-electron chi connectivity index (χ3n) is 7.65. The predicted molar refractivity (Wildman–Crippen MR) is 121 cm³/mol. The van der Waals surface area contributed by atoms with Crippen molar-refractivity contribution in [3.63, 3.8) is 0 Å². The maximum atomic E-state index is 12.4. The van der Waals surface area contributed by atoms with Crippen molar-refractivity contribution >= 4 is 22.7 Å². The Bertz CT molecular complexity index is 1020. The van der Waals surface area contributed by atoms with Gasteiger partial charge in [-0.15, -0.1) is 0 Å². The van der Waals surface area contributed by atoms with Gasteiger partial charge in [0.05, 0.1) is 22.7 Å². The number of aliphatic hydroxyl groups is 1. The number of nitrogens with one attached hydrogen (secondary N) is 2. The minimum atomic E-state index is -0.835. The van der Waals surface area contributed by atoms with E-state index in [0.29, 0.717) is 18.5 Å². The van der Waals surface area contributed by atoms with Gasteiger partial charge in [-0.2, -0.15) is 5.10 Å². The normalized spacial score (nSPS) is 25.2. The molecular formula is C24H33N5O3. The number of hydrogen-bond acceptors (Lipinski definition) is 6. The number of hydrogen-bond donors (Lipinski definition) is 3. The maximum absolute atomic E-state index is 12.4. The summed E-state index contributed by atoms with van der Waals surface area (Å²) < 4.78 is 1.79. The summed E-state index contributed by atoms with van der Waals surface area (Å²) >= 11 is 0. The van der Waals surface area contributed by atoms with Crippen LogP contribution in [0.2, 0.25) is 0 Å². The van der Waals surface area contributed by atoms with E-state index in [-0.39, 0.29) is 11.8 Å². The molecule has 3 N–H and O–H groups in total. The van der Waals surface area contributed by atoms with E-state index < -0.39 is 11.5 Å². The van der Waals surface area contributed by atoms with Gasteiger partial charge >= 0.3 is 0 Å². The molecule has 0 radical (unpaired) electrons. The predicted octanol–water partition coefficient (Wildman–Crippen LogP) is 1.38. The van der Waals surface area contributed by atoms with Gasteiger partial charge in [0.1, 0.15) is 0 Å². The summed E-state index contributed by atoms with van der Waals surface area (Å²) in [4.78, 5) is 26.4. The van der Waals surface area contributed by atoms with E-state index in [1.165, 1.54) is 12.8 Å². The number of likely N-dealkylation sites (tertiary alicyclic amines) is 1. The summed E-state index contributed by atoms with van der Waals surface area (Å²) in [5.74, 6) is -0.143. The molecule has 4 heterocycles. The SMILES string of the molecule is Cn1nc(C2CCC(=O)NC2=O)c2ccc(C3(O)CCN(CC4CCNCC4)CC3)cc21. The molecule has 8 heteroatoms. The lowest BCUT2D eigenvalue weighted by molar-refractivity contribution is -0.134. The number of imide groups is 1. The number of nitrogens with zero attached hydrogens (tertiary/aromatic N) is 3. The van der Waals surface area contributed by atoms with E-state index in [0.717, 1.165) is 67.9 Å². The third-order valence-corrected chi connectivity index (χ3v) is 7.65. The van der Waals surface area contributed by atoms with Crippen molar-refractivity contribution in [3.8, 4) is 0 Å². The van der Waals surface area contributed by atoms with Crippen LogP contribution >= 0.6 is 0 Å². The average molecular weight is 440 g/mol. The van der Waals surface area contributed by atoms with E-state index in [2.05, 4.69) is 20.6 Å². The minimum absolute atomic E-state index is 0.220. The smallest absolute Gasteiger partial charge is 0.235 e. The van der Waals surface area contributed by atoms with Crippen LogP contribution < -0.4 is 10.6 Å². The molecule has 3 aliphatic rings. The molecule has 2 aromatic rings. The fraction of sp³-hybridized carbons (Fsp3) is 0.625. The first-order valence-electron chi connectivity index (χ1n) is 11.9. The summed E-state index contributed by atoms with van der Waals surface area (Å²) in [7, 11) is 1.87. The first-order valence-corrected chi connectivity index (χ1v) is 11.9. The van der Waals surface area contributed by atoms with Crippen molar-refractivity contribution in [2.45, 2.75) is 50.0 Å². The zero-order valence-electron chi connectivity index (χ0n) is 18.8. The van der Waals surface area contributed by atoms with Crippen LogP contribution in [0.1, 0.15) is 55.7 Å². The van der Waals surface area contributed by atoms with E-state index >= 15 is 0 Å². The average Bonchev–Trinajstić information content (AvgIpc) is 3.12. The van der Waals surface area contributed by atoms with Crippen LogP contribution in [0.15, 0.2) is 18.2 Å². The standard InChI is InChI=1S/C24H33N5O3/c1-28-20-14-17(2-3-18(20)22(27-28)19-4-5-21(30)26-23(19)31)24(32)8-12-29(13-9-24)15-16-6-10-25-11-7-16/h2-3,14,16,19,25,32H,4-13,15H2,1H3,(H,26,30,31). The van der Waals surface area contributed by atoms with Crippen LogP contribution in [0.3, 0.4) is 0 Å². The molecule has 1 unspecified atom stereocenters. The Hall–Kier alpha value is -2.29. The number of aryl methyl sites for hydroxylation is 1. The third kappa shape index (κ3) is 4.07. The van der Waals surface area contributed by atoms with Gasteiger partial charge in [0.2, 0.25) is 11.8 Å². The Labute approximate surface area is 188 Å². The van der Waals surface area contributed by atoms with Crippen molar-refractivity contribution in [3.05, 3.63) is 29.5 Å². The van der Waals surface area contributed by atoms with Crippen molar-refractivity contribution in [2.24, 2.45) is 13.0 Å². The molecule has 3 fully saturated rings. The summed E-state index contributed by atoms with van der Waals surface area (Å²) in [5.41, 5.74) is 1.71. The van der Waals surface area contributed by atoms with Gasteiger partial charge < -0.3 is 15.3 Å². The van der Waals surface area contributed by atoms with Gasteiger partial charge in [-0.05, 0) is 62.7 Å². The number of aromatic nitrogens is 2. The quantitative estimate of drug-likeness (QED) is 0.623. The topological polar surface area (TPSA) is 99.5 Å². The molecule has 0 bridgehead atoms. The van der Waals surface area contributed by atoms with Crippen LogP contribution in [-0.4, -0.2) is 64.3 Å². The van der Waals surface area contributed by atoms with Gasteiger partial charge in [0.15, 0.2) is 0 Å². The van der Waals surface area contributed by atoms with Crippen LogP contribution in [0.4, 0.5) is 0 Å². The number of piperidine rings is 3. The molecular weight excluding hydrogens is 406 g/mol. The second kappa shape index (κ2) is 8.57. The monoisotopic (exact) mass is 439 g/mol. The minimum Gasteiger partial charge on any atom is -0.385 e. The summed E-state index contributed by atoms with van der Waals surface area (Å²) in [6.45, 7) is 5.19. The largest absolute Gasteiger partial charge is 0.385 e. The summed E-state index contributed by atoms with van der Waals surface area (Å²) in [6, 6.07) is 6.00. The highest BCUT2D eigenvalue weighted by Gasteiger charge is 2.36. The first-order chi connectivity index (χ1) is 15.4. The van der Waals surface area contributed by atoms with Gasteiger partial charge in [0, 0.05) is 38.5 Å². The molecule has 1 aromatic heterocycles. The van der Waals surface area contributed by atoms with E-state index in [1.54, 1.807) is 4.68 Å². The highest BCUT2D eigenvalue weighted by atomic mass is 16.3. The van der Waals surface area contributed by atoms with Crippen LogP contribution in [0.25, 0.3) is 10.9 Å². The number of amides is 2. The van der Waals surface area contributed by atoms with Crippen molar-refractivity contribution in [1.82, 2.24) is 25.3 Å². The lowest BCUT2D eigenvalue weighted by Crippen LogP contribution is -2.45. The van der Waals surface area contributed by atoms with Crippen molar-refractivity contribution in [1.29, 1.82) is 0 Å². The van der Waals surface area contributed by atoms with Crippen LogP contribution in [0, 0.1) is 5.92 Å². The molecule has 172 valence electrons. The summed E-state index contributed by atoms with van der Waals surface area (Å²) in [5, 5.41) is 22.9. The van der Waals surface area contributed by atoms with Gasteiger partial charge in [-0.25, -0.2) is 0 Å². The van der Waals surface area contributed by atoms with Crippen molar-refractivity contribution < 1.29 is 14.7 Å². The Kier molecular flexibility index (Phi) is 5.77. The lowest BCUT2D eigenvalue weighted by Gasteiger charge is -2.40. The molecule has 5 rings (SSSR count). The molecule has 0 aliphatic carbocycles. The molecule has 8 nitrogen and oxygen atoms in total.